The molecular formula is C19H20N2O2. The van der Waals surface area contributed by atoms with Gasteiger partial charge in [0.2, 0.25) is 0 Å². The van der Waals surface area contributed by atoms with E-state index in [0.29, 0.717) is 22.6 Å². The lowest BCUT2D eigenvalue weighted by Crippen LogP contribution is -2.15. The summed E-state index contributed by atoms with van der Waals surface area (Å²) >= 11 is 0. The van der Waals surface area contributed by atoms with Gasteiger partial charge in [0.25, 0.3) is 5.91 Å². The second kappa shape index (κ2) is 6.53. The predicted octanol–water partition coefficient (Wildman–Crippen LogP) is 4.12. The second-order valence-electron chi connectivity index (χ2n) is 6.31. The van der Waals surface area contributed by atoms with Crippen molar-refractivity contribution in [3.05, 3.63) is 59.2 Å². The highest BCUT2D eigenvalue weighted by atomic mass is 16.5. The summed E-state index contributed by atoms with van der Waals surface area (Å²) in [5, 5.41) is 11.7. The van der Waals surface area contributed by atoms with Gasteiger partial charge in [-0.25, -0.2) is 0 Å². The monoisotopic (exact) mass is 308 g/mol. The lowest BCUT2D eigenvalue weighted by Gasteiger charge is -2.21. The van der Waals surface area contributed by atoms with Gasteiger partial charge in [0.15, 0.2) is 0 Å². The predicted molar refractivity (Wildman–Crippen MR) is 90.8 cm³/mol. The van der Waals surface area contributed by atoms with Crippen molar-refractivity contribution in [3.63, 3.8) is 0 Å². The highest BCUT2D eigenvalue weighted by Gasteiger charge is 2.17. The highest BCUT2D eigenvalue weighted by molar-refractivity contribution is 6.05. The first kappa shape index (κ1) is 16.6. The molecule has 0 saturated heterocycles. The first-order chi connectivity index (χ1) is 10.8. The van der Waals surface area contributed by atoms with Crippen LogP contribution in [0.4, 0.5) is 5.69 Å². The molecule has 2 aromatic rings. The number of anilines is 1. The number of carbonyl (C=O) groups excluding carboxylic acids is 1. The van der Waals surface area contributed by atoms with Crippen molar-refractivity contribution >= 4 is 11.6 Å². The molecule has 0 spiro atoms. The van der Waals surface area contributed by atoms with Crippen molar-refractivity contribution in [2.75, 3.05) is 12.4 Å². The van der Waals surface area contributed by atoms with E-state index in [1.165, 1.54) is 0 Å². The Morgan fingerprint density at radius 2 is 1.78 bits per heavy atom. The van der Waals surface area contributed by atoms with Crippen LogP contribution in [0.2, 0.25) is 0 Å². The SMILES string of the molecule is COc1ccc(C(C)(C)C)cc1NC(=O)c1ccc(C#N)cc1. The average Bonchev–Trinajstić information content (AvgIpc) is 2.54. The van der Waals surface area contributed by atoms with Crippen LogP contribution in [0.25, 0.3) is 0 Å². The number of nitriles is 1. The van der Waals surface area contributed by atoms with E-state index in [-0.39, 0.29) is 11.3 Å². The Hall–Kier alpha value is -2.80. The highest BCUT2D eigenvalue weighted by Crippen LogP contribution is 2.31. The summed E-state index contributed by atoms with van der Waals surface area (Å²) in [6.07, 6.45) is 0. The molecule has 0 fully saturated rings. The standard InChI is InChI=1S/C19H20N2O2/c1-19(2,3)15-9-10-17(23-4)16(11-15)21-18(22)14-7-5-13(12-20)6-8-14/h5-11H,1-4H3,(H,21,22). The average molecular weight is 308 g/mol. The van der Waals surface area contributed by atoms with Crippen LogP contribution < -0.4 is 10.1 Å². The van der Waals surface area contributed by atoms with Crippen molar-refractivity contribution in [3.8, 4) is 11.8 Å². The van der Waals surface area contributed by atoms with E-state index in [1.54, 1.807) is 31.4 Å². The van der Waals surface area contributed by atoms with Crippen LogP contribution in [0.1, 0.15) is 42.3 Å². The van der Waals surface area contributed by atoms with Crippen molar-refractivity contribution in [2.45, 2.75) is 26.2 Å². The van der Waals surface area contributed by atoms with Crippen molar-refractivity contribution < 1.29 is 9.53 Å². The smallest absolute Gasteiger partial charge is 0.255 e. The lowest BCUT2D eigenvalue weighted by atomic mass is 9.87. The number of methoxy groups -OCH3 is 1. The molecule has 1 N–H and O–H groups in total. The molecule has 0 aliphatic heterocycles. The number of carbonyl (C=O) groups is 1. The van der Waals surface area contributed by atoms with E-state index in [9.17, 15) is 4.79 Å². The molecule has 0 aliphatic rings. The third-order valence-electron chi connectivity index (χ3n) is 3.59. The molecule has 4 nitrogen and oxygen atoms in total. The third kappa shape index (κ3) is 3.89. The number of nitrogens with zero attached hydrogens (tertiary/aromatic N) is 1. The summed E-state index contributed by atoms with van der Waals surface area (Å²) < 4.78 is 5.33. The summed E-state index contributed by atoms with van der Waals surface area (Å²) in [5.41, 5.74) is 2.73. The Balaban J connectivity index is 2.30. The normalized spacial score (nSPS) is 10.7. The second-order valence-corrected chi connectivity index (χ2v) is 6.31. The van der Waals surface area contributed by atoms with Gasteiger partial charge in [-0.15, -0.1) is 0 Å². The topological polar surface area (TPSA) is 62.1 Å². The molecule has 2 rings (SSSR count). The fraction of sp³-hybridized carbons (Fsp3) is 0.263. The zero-order valence-corrected chi connectivity index (χ0v) is 13.8. The van der Waals surface area contributed by atoms with Crippen LogP contribution in [0.5, 0.6) is 5.75 Å². The van der Waals surface area contributed by atoms with E-state index in [4.69, 9.17) is 10.00 Å². The molecule has 1 amide bonds. The van der Waals surface area contributed by atoms with Gasteiger partial charge in [0, 0.05) is 5.56 Å². The van der Waals surface area contributed by atoms with Gasteiger partial charge in [0.1, 0.15) is 5.75 Å². The Morgan fingerprint density at radius 3 is 2.30 bits per heavy atom. The number of hydrogen-bond acceptors (Lipinski definition) is 3. The van der Waals surface area contributed by atoms with E-state index in [0.717, 1.165) is 5.56 Å². The molecule has 2 aromatic carbocycles. The van der Waals surface area contributed by atoms with Gasteiger partial charge in [-0.05, 0) is 47.4 Å². The molecule has 0 atom stereocenters. The first-order valence-electron chi connectivity index (χ1n) is 7.35. The molecule has 0 radical (unpaired) electrons. The molecule has 118 valence electrons. The van der Waals surface area contributed by atoms with Crippen LogP contribution in [0.3, 0.4) is 0 Å². The molecule has 23 heavy (non-hydrogen) atoms. The molecule has 4 heteroatoms. The van der Waals surface area contributed by atoms with Gasteiger partial charge < -0.3 is 10.1 Å². The zero-order valence-electron chi connectivity index (χ0n) is 13.8. The van der Waals surface area contributed by atoms with Gasteiger partial charge in [-0.2, -0.15) is 5.26 Å². The number of rotatable bonds is 3. The largest absolute Gasteiger partial charge is 0.495 e. The number of ether oxygens (including phenoxy) is 1. The number of hydrogen-bond donors (Lipinski definition) is 1. The molecule has 0 unspecified atom stereocenters. The van der Waals surface area contributed by atoms with Gasteiger partial charge in [0.05, 0.1) is 24.4 Å². The zero-order chi connectivity index (χ0) is 17.0. The summed E-state index contributed by atoms with van der Waals surface area (Å²) in [5.74, 6) is 0.374. The summed E-state index contributed by atoms with van der Waals surface area (Å²) in [4.78, 5) is 12.4. The number of amides is 1. The van der Waals surface area contributed by atoms with Crippen LogP contribution in [0.15, 0.2) is 42.5 Å². The first-order valence-corrected chi connectivity index (χ1v) is 7.35. The molecule has 0 saturated carbocycles. The molecule has 0 bridgehead atoms. The van der Waals surface area contributed by atoms with Crippen LogP contribution >= 0.6 is 0 Å². The van der Waals surface area contributed by atoms with E-state index >= 15 is 0 Å². The minimum absolute atomic E-state index is 0.0276. The van der Waals surface area contributed by atoms with E-state index in [2.05, 4.69) is 26.1 Å². The van der Waals surface area contributed by atoms with Gasteiger partial charge in [-0.3, -0.25) is 4.79 Å². The Bertz CT molecular complexity index is 750. The fourth-order valence-electron chi connectivity index (χ4n) is 2.16. The molecule has 0 heterocycles. The maximum Gasteiger partial charge on any atom is 0.255 e. The molecular weight excluding hydrogens is 288 g/mol. The maximum atomic E-state index is 12.4. The number of nitrogens with one attached hydrogen (secondary N) is 1. The Labute approximate surface area is 136 Å². The summed E-state index contributed by atoms with van der Waals surface area (Å²) in [7, 11) is 1.57. The van der Waals surface area contributed by atoms with Gasteiger partial charge in [-0.1, -0.05) is 26.8 Å². The van der Waals surface area contributed by atoms with E-state index < -0.39 is 0 Å². The Morgan fingerprint density at radius 1 is 1.13 bits per heavy atom. The van der Waals surface area contributed by atoms with Gasteiger partial charge >= 0.3 is 0 Å². The van der Waals surface area contributed by atoms with Crippen molar-refractivity contribution in [2.24, 2.45) is 0 Å². The number of benzene rings is 2. The minimum atomic E-state index is -0.237. The fourth-order valence-corrected chi connectivity index (χ4v) is 2.16. The van der Waals surface area contributed by atoms with Crippen LogP contribution in [0, 0.1) is 11.3 Å². The Kier molecular flexibility index (Phi) is 4.71. The van der Waals surface area contributed by atoms with Crippen molar-refractivity contribution in [1.82, 2.24) is 0 Å². The van der Waals surface area contributed by atoms with Crippen molar-refractivity contribution in [1.29, 1.82) is 5.26 Å². The van der Waals surface area contributed by atoms with Crippen LogP contribution in [-0.2, 0) is 5.41 Å². The lowest BCUT2D eigenvalue weighted by molar-refractivity contribution is 0.102. The maximum absolute atomic E-state index is 12.4. The van der Waals surface area contributed by atoms with E-state index in [1.807, 2.05) is 24.3 Å². The third-order valence-corrected chi connectivity index (χ3v) is 3.59. The summed E-state index contributed by atoms with van der Waals surface area (Å²) in [6, 6.07) is 14.3. The quantitative estimate of drug-likeness (QED) is 0.928. The minimum Gasteiger partial charge on any atom is -0.495 e. The van der Waals surface area contributed by atoms with Crippen LogP contribution in [-0.4, -0.2) is 13.0 Å². The summed E-state index contributed by atoms with van der Waals surface area (Å²) in [6.45, 7) is 6.34. The molecule has 0 aromatic heterocycles. The molecule has 0 aliphatic carbocycles.